The van der Waals surface area contributed by atoms with Gasteiger partial charge in [0, 0.05) is 36.3 Å². The van der Waals surface area contributed by atoms with Crippen molar-refractivity contribution in [3.05, 3.63) is 41.3 Å². The van der Waals surface area contributed by atoms with Gasteiger partial charge in [0.1, 0.15) is 5.15 Å². The standard InChI is InChI=1S/C17H20ClN5/c18-17-4-3-15-16(22-17)9-13(12-21-15)14(10-19)11-20-5-1-6-23-7-2-8-23/h3-4,9-12H,1-2,5-8,19H2. The summed E-state index contributed by atoms with van der Waals surface area (Å²) < 4.78 is 0. The van der Waals surface area contributed by atoms with Crippen LogP contribution < -0.4 is 5.73 Å². The number of pyridine rings is 2. The molecule has 0 bridgehead atoms. The number of aromatic nitrogens is 2. The summed E-state index contributed by atoms with van der Waals surface area (Å²) in [6.07, 6.45) is 7.54. The Bertz CT molecular complexity index is 737. The second-order valence-corrected chi connectivity index (χ2v) is 5.99. The van der Waals surface area contributed by atoms with Gasteiger partial charge in [-0.05, 0) is 50.7 Å². The molecule has 0 radical (unpaired) electrons. The van der Waals surface area contributed by atoms with Crippen LogP contribution in [0.5, 0.6) is 0 Å². The topological polar surface area (TPSA) is 67.4 Å². The number of likely N-dealkylation sites (tertiary alicyclic amines) is 1. The van der Waals surface area contributed by atoms with Gasteiger partial charge >= 0.3 is 0 Å². The maximum absolute atomic E-state index is 5.94. The second kappa shape index (κ2) is 7.53. The molecule has 1 aliphatic rings. The molecule has 0 aliphatic carbocycles. The highest BCUT2D eigenvalue weighted by Crippen LogP contribution is 2.18. The van der Waals surface area contributed by atoms with E-state index in [0.717, 1.165) is 41.7 Å². The molecule has 6 heteroatoms. The van der Waals surface area contributed by atoms with Gasteiger partial charge in [-0.15, -0.1) is 0 Å². The van der Waals surface area contributed by atoms with E-state index >= 15 is 0 Å². The molecular formula is C17H20ClN5. The van der Waals surface area contributed by atoms with Crippen molar-refractivity contribution in [1.82, 2.24) is 14.9 Å². The van der Waals surface area contributed by atoms with Crippen molar-refractivity contribution in [1.29, 1.82) is 0 Å². The number of hydrogen-bond donors (Lipinski definition) is 1. The number of nitrogens with zero attached hydrogens (tertiary/aromatic N) is 4. The van der Waals surface area contributed by atoms with Crippen LogP contribution in [0.2, 0.25) is 5.15 Å². The largest absolute Gasteiger partial charge is 0.404 e. The molecule has 1 saturated heterocycles. The minimum absolute atomic E-state index is 0.453. The summed E-state index contributed by atoms with van der Waals surface area (Å²) in [5.74, 6) is 0. The molecule has 23 heavy (non-hydrogen) atoms. The van der Waals surface area contributed by atoms with Crippen LogP contribution in [0.25, 0.3) is 16.6 Å². The number of rotatable bonds is 6. The lowest BCUT2D eigenvalue weighted by atomic mass is 10.1. The fourth-order valence-corrected chi connectivity index (χ4v) is 2.66. The number of nitrogens with two attached hydrogens (primary N) is 1. The molecule has 0 amide bonds. The summed E-state index contributed by atoms with van der Waals surface area (Å²) >= 11 is 5.94. The molecular weight excluding hydrogens is 310 g/mol. The average Bonchev–Trinajstić information content (AvgIpc) is 2.52. The van der Waals surface area contributed by atoms with Crippen molar-refractivity contribution < 1.29 is 0 Å². The minimum Gasteiger partial charge on any atom is -0.404 e. The first-order valence-corrected chi connectivity index (χ1v) is 8.21. The molecule has 120 valence electrons. The van der Waals surface area contributed by atoms with Gasteiger partial charge < -0.3 is 10.6 Å². The van der Waals surface area contributed by atoms with Crippen LogP contribution >= 0.6 is 11.6 Å². The van der Waals surface area contributed by atoms with Gasteiger partial charge in [0.15, 0.2) is 0 Å². The fraction of sp³-hybridized carbons (Fsp3) is 0.353. The number of aliphatic imine (C=N–C) groups is 1. The Morgan fingerprint density at radius 1 is 1.35 bits per heavy atom. The summed E-state index contributed by atoms with van der Waals surface area (Å²) in [6.45, 7) is 4.39. The third-order valence-corrected chi connectivity index (χ3v) is 4.17. The number of hydrogen-bond acceptors (Lipinski definition) is 5. The average molecular weight is 330 g/mol. The SMILES string of the molecule is NC=C(C=NCCCN1CCC1)c1cnc2ccc(Cl)nc2c1. The fourth-order valence-electron chi connectivity index (χ4n) is 2.51. The van der Waals surface area contributed by atoms with Crippen molar-refractivity contribution in [3.8, 4) is 0 Å². The summed E-state index contributed by atoms with van der Waals surface area (Å²) in [5, 5.41) is 0.453. The molecule has 2 N–H and O–H groups in total. The number of halogens is 1. The van der Waals surface area contributed by atoms with Gasteiger partial charge in [-0.3, -0.25) is 9.98 Å². The van der Waals surface area contributed by atoms with Gasteiger partial charge in [-0.25, -0.2) is 4.98 Å². The zero-order chi connectivity index (χ0) is 16.1. The van der Waals surface area contributed by atoms with E-state index in [4.69, 9.17) is 17.3 Å². The molecule has 3 rings (SSSR count). The van der Waals surface area contributed by atoms with Gasteiger partial charge in [-0.1, -0.05) is 11.6 Å². The summed E-state index contributed by atoms with van der Waals surface area (Å²) in [7, 11) is 0. The highest BCUT2D eigenvalue weighted by Gasteiger charge is 2.11. The zero-order valence-electron chi connectivity index (χ0n) is 13.0. The predicted octanol–water partition coefficient (Wildman–Crippen LogP) is 2.75. The van der Waals surface area contributed by atoms with Crippen LogP contribution in [0, 0.1) is 0 Å². The minimum atomic E-state index is 0.453. The Morgan fingerprint density at radius 3 is 2.96 bits per heavy atom. The third kappa shape index (κ3) is 4.06. The van der Waals surface area contributed by atoms with Gasteiger partial charge in [0.05, 0.1) is 11.0 Å². The lowest BCUT2D eigenvalue weighted by Gasteiger charge is -2.30. The lowest BCUT2D eigenvalue weighted by Crippen LogP contribution is -2.37. The van der Waals surface area contributed by atoms with Crippen molar-refractivity contribution in [2.24, 2.45) is 10.7 Å². The smallest absolute Gasteiger partial charge is 0.129 e. The Kier molecular flexibility index (Phi) is 5.20. The maximum Gasteiger partial charge on any atom is 0.129 e. The monoisotopic (exact) mass is 329 g/mol. The van der Waals surface area contributed by atoms with E-state index in [1.807, 2.05) is 18.3 Å². The van der Waals surface area contributed by atoms with Crippen LogP contribution in [0.4, 0.5) is 0 Å². The van der Waals surface area contributed by atoms with Crippen molar-refractivity contribution in [2.75, 3.05) is 26.2 Å². The Hall–Kier alpha value is -1.98. The summed E-state index contributed by atoms with van der Waals surface area (Å²) in [4.78, 5) is 15.6. The maximum atomic E-state index is 5.94. The van der Waals surface area contributed by atoms with Crippen LogP contribution in [0.3, 0.4) is 0 Å². The molecule has 2 aromatic heterocycles. The lowest BCUT2D eigenvalue weighted by molar-refractivity contribution is 0.181. The van der Waals surface area contributed by atoms with E-state index in [1.54, 1.807) is 18.5 Å². The first-order valence-electron chi connectivity index (χ1n) is 7.83. The molecule has 1 aliphatic heterocycles. The molecule has 3 heterocycles. The van der Waals surface area contributed by atoms with Gasteiger partial charge in [-0.2, -0.15) is 0 Å². The molecule has 0 unspecified atom stereocenters. The van der Waals surface area contributed by atoms with E-state index in [0.29, 0.717) is 5.15 Å². The van der Waals surface area contributed by atoms with Gasteiger partial charge in [0.25, 0.3) is 0 Å². The highest BCUT2D eigenvalue weighted by molar-refractivity contribution is 6.29. The highest BCUT2D eigenvalue weighted by atomic mass is 35.5. The van der Waals surface area contributed by atoms with Crippen LogP contribution in [-0.4, -0.2) is 47.3 Å². The zero-order valence-corrected chi connectivity index (χ0v) is 13.7. The van der Waals surface area contributed by atoms with E-state index < -0.39 is 0 Å². The first kappa shape index (κ1) is 15.9. The number of allylic oxidation sites excluding steroid dienone is 1. The molecule has 0 aromatic carbocycles. The predicted molar refractivity (Wildman–Crippen MR) is 95.7 cm³/mol. The normalized spacial score (nSPS) is 16.1. The molecule has 2 aromatic rings. The number of fused-ring (bicyclic) bond motifs is 1. The summed E-state index contributed by atoms with van der Waals surface area (Å²) in [6, 6.07) is 5.51. The van der Waals surface area contributed by atoms with Crippen molar-refractivity contribution >= 4 is 34.4 Å². The Morgan fingerprint density at radius 2 is 2.22 bits per heavy atom. The van der Waals surface area contributed by atoms with E-state index in [9.17, 15) is 0 Å². The molecule has 1 fully saturated rings. The molecule has 0 spiro atoms. The molecule has 5 nitrogen and oxygen atoms in total. The Labute approximate surface area is 140 Å². The molecule has 0 atom stereocenters. The van der Waals surface area contributed by atoms with Crippen LogP contribution in [0.1, 0.15) is 18.4 Å². The molecule has 0 saturated carbocycles. The Balaban J connectivity index is 1.65. The van der Waals surface area contributed by atoms with Crippen molar-refractivity contribution in [3.63, 3.8) is 0 Å². The summed E-state index contributed by atoms with van der Waals surface area (Å²) in [5.41, 5.74) is 9.02. The third-order valence-electron chi connectivity index (χ3n) is 3.96. The first-order chi connectivity index (χ1) is 11.3. The van der Waals surface area contributed by atoms with Crippen LogP contribution in [-0.2, 0) is 0 Å². The van der Waals surface area contributed by atoms with Crippen molar-refractivity contribution in [2.45, 2.75) is 12.8 Å². The van der Waals surface area contributed by atoms with Crippen LogP contribution in [0.15, 0.2) is 35.6 Å². The quantitative estimate of drug-likeness (QED) is 0.502. The van der Waals surface area contributed by atoms with Gasteiger partial charge in [0.2, 0.25) is 0 Å². The second-order valence-electron chi connectivity index (χ2n) is 5.60. The van der Waals surface area contributed by atoms with E-state index in [1.165, 1.54) is 19.5 Å². The van der Waals surface area contributed by atoms with E-state index in [-0.39, 0.29) is 0 Å². The van der Waals surface area contributed by atoms with E-state index in [2.05, 4.69) is 19.9 Å².